The molecule has 6 nitrogen and oxygen atoms in total. The Morgan fingerprint density at radius 2 is 1.81 bits per heavy atom. The maximum absolute atomic E-state index is 12.7. The molecule has 1 aliphatic rings. The first-order valence-corrected chi connectivity index (χ1v) is 9.76. The van der Waals surface area contributed by atoms with Crippen molar-refractivity contribution < 1.29 is 9.59 Å². The zero-order chi connectivity index (χ0) is 18.8. The summed E-state index contributed by atoms with van der Waals surface area (Å²) in [6.45, 7) is 5.56. The molecule has 0 radical (unpaired) electrons. The number of amides is 1. The van der Waals surface area contributed by atoms with Gasteiger partial charge in [-0.1, -0.05) is 25.6 Å². The number of Topliss-reactive ketones (excluding diaryl/α,β-unsaturated/α-hetero) is 1. The molecule has 1 aromatic heterocycles. The Labute approximate surface area is 157 Å². The van der Waals surface area contributed by atoms with Crippen LogP contribution in [0.15, 0.2) is 29.4 Å². The highest BCUT2D eigenvalue weighted by Crippen LogP contribution is 2.39. The van der Waals surface area contributed by atoms with Gasteiger partial charge >= 0.3 is 0 Å². The van der Waals surface area contributed by atoms with Gasteiger partial charge in [0, 0.05) is 30.1 Å². The Kier molecular flexibility index (Phi) is 5.46. The van der Waals surface area contributed by atoms with Crippen molar-refractivity contribution in [3.63, 3.8) is 0 Å². The van der Waals surface area contributed by atoms with Crippen LogP contribution in [0.5, 0.6) is 0 Å². The van der Waals surface area contributed by atoms with E-state index in [9.17, 15) is 9.59 Å². The second-order valence-electron chi connectivity index (χ2n) is 7.02. The number of aromatic nitrogens is 3. The number of carbonyl (C=O) groups excluding carboxylic acids is 2. The molecule has 0 saturated heterocycles. The second kappa shape index (κ2) is 7.61. The quantitative estimate of drug-likeness (QED) is 0.593. The lowest BCUT2D eigenvalue weighted by Crippen LogP contribution is -2.18. The summed E-state index contributed by atoms with van der Waals surface area (Å²) < 4.78 is 2.00. The van der Waals surface area contributed by atoms with E-state index in [1.54, 1.807) is 24.3 Å². The van der Waals surface area contributed by atoms with Crippen LogP contribution >= 0.6 is 11.8 Å². The van der Waals surface area contributed by atoms with E-state index in [0.717, 1.165) is 11.0 Å². The third kappa shape index (κ3) is 4.15. The first kappa shape index (κ1) is 18.6. The summed E-state index contributed by atoms with van der Waals surface area (Å²) in [5.74, 6) is 1.45. The van der Waals surface area contributed by atoms with Crippen LogP contribution in [0, 0.1) is 5.92 Å². The predicted molar refractivity (Wildman–Crippen MR) is 103 cm³/mol. The number of ketones is 1. The molecule has 1 N–H and O–H groups in total. The first-order valence-electron chi connectivity index (χ1n) is 8.88. The lowest BCUT2D eigenvalue weighted by Gasteiger charge is -2.11. The molecule has 1 aliphatic carbocycles. The number of benzene rings is 1. The summed E-state index contributed by atoms with van der Waals surface area (Å²) in [7, 11) is 1.96. The fourth-order valence-electron chi connectivity index (χ4n) is 2.58. The maximum atomic E-state index is 12.7. The lowest BCUT2D eigenvalue weighted by molar-refractivity contribution is -0.118. The number of carbonyl (C=O) groups is 2. The minimum atomic E-state index is -0.263. The monoisotopic (exact) mass is 372 g/mol. The number of anilines is 1. The number of nitrogens with zero attached hydrogens (tertiary/aromatic N) is 3. The Hall–Kier alpha value is -2.15. The van der Waals surface area contributed by atoms with Gasteiger partial charge in [-0.15, -0.1) is 10.2 Å². The minimum absolute atomic E-state index is 0.0349. The first-order chi connectivity index (χ1) is 12.4. The SMILES string of the molecule is CC(C)C(=O)Nc1ccc(C(=O)C(C)Sc2nnc(C3CC3)n2C)cc1. The van der Waals surface area contributed by atoms with Crippen molar-refractivity contribution in [2.24, 2.45) is 13.0 Å². The van der Waals surface area contributed by atoms with E-state index >= 15 is 0 Å². The van der Waals surface area contributed by atoms with Crippen LogP contribution in [-0.2, 0) is 11.8 Å². The second-order valence-corrected chi connectivity index (χ2v) is 8.33. The molecule has 26 heavy (non-hydrogen) atoms. The highest BCUT2D eigenvalue weighted by molar-refractivity contribution is 8.00. The van der Waals surface area contributed by atoms with Crippen molar-refractivity contribution in [3.8, 4) is 0 Å². The molecule has 7 heteroatoms. The van der Waals surface area contributed by atoms with Crippen molar-refractivity contribution >= 4 is 29.1 Å². The standard InChI is InChI=1S/C19H24N4O2S/c1-11(2)18(25)20-15-9-7-13(8-10-15)16(24)12(3)26-19-22-21-17(23(19)4)14-5-6-14/h7-12,14H,5-6H2,1-4H3,(H,20,25). The van der Waals surface area contributed by atoms with Crippen LogP contribution in [0.4, 0.5) is 5.69 Å². The largest absolute Gasteiger partial charge is 0.326 e. The third-order valence-corrected chi connectivity index (χ3v) is 5.56. The summed E-state index contributed by atoms with van der Waals surface area (Å²) >= 11 is 1.43. The van der Waals surface area contributed by atoms with Gasteiger partial charge in [0.2, 0.25) is 5.91 Å². The fourth-order valence-corrected chi connectivity index (χ4v) is 3.48. The van der Waals surface area contributed by atoms with Crippen LogP contribution in [0.3, 0.4) is 0 Å². The Morgan fingerprint density at radius 1 is 1.15 bits per heavy atom. The molecule has 3 rings (SSSR count). The molecule has 1 saturated carbocycles. The van der Waals surface area contributed by atoms with E-state index in [4.69, 9.17) is 0 Å². The lowest BCUT2D eigenvalue weighted by atomic mass is 10.1. The molecule has 2 aromatic rings. The van der Waals surface area contributed by atoms with Gasteiger partial charge in [0.25, 0.3) is 0 Å². The topological polar surface area (TPSA) is 76.9 Å². The summed E-state index contributed by atoms with van der Waals surface area (Å²) in [6.07, 6.45) is 2.34. The Bertz CT molecular complexity index is 809. The van der Waals surface area contributed by atoms with Crippen molar-refractivity contribution in [2.45, 2.75) is 49.9 Å². The number of thioether (sulfide) groups is 1. The summed E-state index contributed by atoms with van der Waals surface area (Å²) in [6, 6.07) is 7.03. The van der Waals surface area contributed by atoms with Crippen LogP contribution in [0.2, 0.25) is 0 Å². The predicted octanol–water partition coefficient (Wildman–Crippen LogP) is 3.65. The normalized spacial score (nSPS) is 15.1. The highest BCUT2D eigenvalue weighted by atomic mass is 32.2. The zero-order valence-electron chi connectivity index (χ0n) is 15.5. The van der Waals surface area contributed by atoms with E-state index < -0.39 is 0 Å². The Balaban J connectivity index is 1.63. The molecule has 1 unspecified atom stereocenters. The van der Waals surface area contributed by atoms with Crippen LogP contribution in [-0.4, -0.2) is 31.7 Å². The smallest absolute Gasteiger partial charge is 0.226 e. The third-order valence-electron chi connectivity index (χ3n) is 4.42. The molecule has 138 valence electrons. The van der Waals surface area contributed by atoms with Crippen molar-refractivity contribution in [2.75, 3.05) is 5.32 Å². The van der Waals surface area contributed by atoms with E-state index in [1.807, 2.05) is 32.4 Å². The van der Waals surface area contributed by atoms with Gasteiger partial charge in [0.05, 0.1) is 5.25 Å². The molecular formula is C19H24N4O2S. The zero-order valence-corrected chi connectivity index (χ0v) is 16.3. The molecule has 0 bridgehead atoms. The number of hydrogen-bond donors (Lipinski definition) is 1. The van der Waals surface area contributed by atoms with Gasteiger partial charge in [-0.05, 0) is 44.0 Å². The number of nitrogens with one attached hydrogen (secondary N) is 1. The van der Waals surface area contributed by atoms with Gasteiger partial charge in [-0.25, -0.2) is 0 Å². The van der Waals surface area contributed by atoms with Crippen molar-refractivity contribution in [1.82, 2.24) is 14.8 Å². The summed E-state index contributed by atoms with van der Waals surface area (Å²) in [4.78, 5) is 24.4. The fraction of sp³-hybridized carbons (Fsp3) is 0.474. The van der Waals surface area contributed by atoms with Crippen LogP contribution < -0.4 is 5.32 Å². The van der Waals surface area contributed by atoms with E-state index in [1.165, 1.54) is 24.6 Å². The van der Waals surface area contributed by atoms with Crippen LogP contribution in [0.1, 0.15) is 55.7 Å². The highest BCUT2D eigenvalue weighted by Gasteiger charge is 2.30. The number of hydrogen-bond acceptors (Lipinski definition) is 5. The van der Waals surface area contributed by atoms with E-state index in [2.05, 4.69) is 15.5 Å². The van der Waals surface area contributed by atoms with Crippen molar-refractivity contribution in [3.05, 3.63) is 35.7 Å². The van der Waals surface area contributed by atoms with Gasteiger partial charge in [-0.3, -0.25) is 9.59 Å². The number of rotatable bonds is 7. The molecule has 1 amide bonds. The van der Waals surface area contributed by atoms with Gasteiger partial charge in [0.1, 0.15) is 5.82 Å². The van der Waals surface area contributed by atoms with E-state index in [0.29, 0.717) is 17.2 Å². The minimum Gasteiger partial charge on any atom is -0.326 e. The average Bonchev–Trinajstić information content (AvgIpc) is 3.40. The van der Waals surface area contributed by atoms with Gasteiger partial charge in [0.15, 0.2) is 10.9 Å². The van der Waals surface area contributed by atoms with Crippen LogP contribution in [0.25, 0.3) is 0 Å². The molecule has 1 heterocycles. The summed E-state index contributed by atoms with van der Waals surface area (Å²) in [5.41, 5.74) is 1.32. The van der Waals surface area contributed by atoms with Gasteiger partial charge in [-0.2, -0.15) is 0 Å². The molecule has 0 aliphatic heterocycles. The molecule has 1 atom stereocenters. The molecule has 1 fully saturated rings. The Morgan fingerprint density at radius 3 is 2.38 bits per heavy atom. The van der Waals surface area contributed by atoms with Gasteiger partial charge < -0.3 is 9.88 Å². The maximum Gasteiger partial charge on any atom is 0.226 e. The average molecular weight is 372 g/mol. The van der Waals surface area contributed by atoms with Crippen molar-refractivity contribution in [1.29, 1.82) is 0 Å². The summed E-state index contributed by atoms with van der Waals surface area (Å²) in [5, 5.41) is 11.8. The van der Waals surface area contributed by atoms with E-state index in [-0.39, 0.29) is 22.9 Å². The molecule has 1 aromatic carbocycles. The molecule has 0 spiro atoms. The molecular weight excluding hydrogens is 348 g/mol.